The molecule has 1 aliphatic rings. The average molecular weight is 109 g/mol. The summed E-state index contributed by atoms with van der Waals surface area (Å²) in [6, 6.07) is 0. The third kappa shape index (κ3) is 1.43. The van der Waals surface area contributed by atoms with Crippen LogP contribution < -0.4 is 0 Å². The van der Waals surface area contributed by atoms with Gasteiger partial charge >= 0.3 is 0 Å². The highest BCUT2D eigenvalue weighted by Gasteiger charge is 2.28. The molecule has 0 aromatic carbocycles. The Bertz CT molecular complexity index is 64.1. The number of hydrogen-bond donors (Lipinski definition) is 0. The second kappa shape index (κ2) is 2.00. The molecule has 0 heterocycles. The fourth-order valence-corrected chi connectivity index (χ4v) is 1.12. The zero-order valence-corrected chi connectivity index (χ0v) is 5.54. The van der Waals surface area contributed by atoms with Gasteiger partial charge in [-0.25, -0.2) is 0 Å². The standard InChI is InChI=1S/C8H13/c1-8(2)6-4-3-5-7-8/h1,3-6H2,2H3/q+1. The molecule has 8 heavy (non-hydrogen) atoms. The Morgan fingerprint density at radius 2 is 2.25 bits per heavy atom. The highest BCUT2D eigenvalue weighted by atomic mass is 14.3. The first kappa shape index (κ1) is 6.00. The van der Waals surface area contributed by atoms with Crippen molar-refractivity contribution in [2.45, 2.75) is 32.6 Å². The zero-order valence-electron chi connectivity index (χ0n) is 5.54. The van der Waals surface area contributed by atoms with Crippen LogP contribution in [-0.4, -0.2) is 0 Å². The Kier molecular flexibility index (Phi) is 1.50. The second-order valence-electron chi connectivity index (χ2n) is 2.94. The highest BCUT2D eigenvalue weighted by molar-refractivity contribution is 4.93. The van der Waals surface area contributed by atoms with Gasteiger partial charge in [0.2, 0.25) is 0 Å². The molecule has 0 bridgehead atoms. The number of hydrogen-bond acceptors (Lipinski definition) is 0. The van der Waals surface area contributed by atoms with E-state index in [2.05, 4.69) is 20.3 Å². The van der Waals surface area contributed by atoms with Crippen molar-refractivity contribution in [2.24, 2.45) is 5.41 Å². The lowest BCUT2D eigenvalue weighted by Gasteiger charge is -2.20. The van der Waals surface area contributed by atoms with Crippen LogP contribution in [0.5, 0.6) is 0 Å². The van der Waals surface area contributed by atoms with Crippen LogP contribution in [0, 0.1) is 18.8 Å². The molecule has 0 amide bonds. The first-order valence-corrected chi connectivity index (χ1v) is 3.31. The lowest BCUT2D eigenvalue weighted by molar-refractivity contribution is 0.370. The van der Waals surface area contributed by atoms with Gasteiger partial charge in [0.1, 0.15) is 5.41 Å². The van der Waals surface area contributed by atoms with E-state index in [4.69, 9.17) is 0 Å². The van der Waals surface area contributed by atoms with Crippen LogP contribution >= 0.6 is 0 Å². The van der Waals surface area contributed by atoms with E-state index in [1.165, 1.54) is 19.3 Å². The Labute approximate surface area is 52.3 Å². The van der Waals surface area contributed by atoms with Gasteiger partial charge in [0, 0.05) is 6.42 Å². The summed E-state index contributed by atoms with van der Waals surface area (Å²) < 4.78 is 0. The summed E-state index contributed by atoms with van der Waals surface area (Å²) in [4.78, 5) is 0. The van der Waals surface area contributed by atoms with Gasteiger partial charge in [-0.15, -0.1) is 0 Å². The Hall–Kier alpha value is -0.130. The maximum atomic E-state index is 4.02. The molecule has 1 rings (SSSR count). The minimum Gasteiger partial charge on any atom is -0.0524 e. The SMILES string of the molecule is [CH2+]C1(C)[C]CCCC1. The maximum Gasteiger partial charge on any atom is 0.110 e. The minimum atomic E-state index is 0.179. The third-order valence-electron chi connectivity index (χ3n) is 1.71. The van der Waals surface area contributed by atoms with E-state index < -0.39 is 0 Å². The molecule has 1 saturated carbocycles. The van der Waals surface area contributed by atoms with Gasteiger partial charge in [0.05, 0.1) is 6.92 Å². The molecule has 2 radical (unpaired) electrons. The Morgan fingerprint density at radius 3 is 2.50 bits per heavy atom. The fraction of sp³-hybridized carbons (Fsp3) is 0.750. The van der Waals surface area contributed by atoms with Crippen molar-refractivity contribution in [3.8, 4) is 0 Å². The van der Waals surface area contributed by atoms with Gasteiger partial charge in [-0.05, 0) is 26.2 Å². The van der Waals surface area contributed by atoms with Crippen LogP contribution in [0.3, 0.4) is 0 Å². The quantitative estimate of drug-likeness (QED) is 0.419. The molecule has 1 atom stereocenters. The highest BCUT2D eigenvalue weighted by Crippen LogP contribution is 2.33. The molecule has 0 saturated heterocycles. The molecule has 44 valence electrons. The molecule has 0 nitrogen and oxygen atoms in total. The fourth-order valence-electron chi connectivity index (χ4n) is 1.12. The van der Waals surface area contributed by atoms with Crippen LogP contribution in [0.4, 0.5) is 0 Å². The normalized spacial score (nSPS) is 27.6. The summed E-state index contributed by atoms with van der Waals surface area (Å²) in [5.41, 5.74) is 0.179. The van der Waals surface area contributed by atoms with Gasteiger partial charge in [-0.3, -0.25) is 0 Å². The van der Waals surface area contributed by atoms with E-state index in [0.717, 1.165) is 6.42 Å². The molecule has 0 heteroatoms. The van der Waals surface area contributed by atoms with E-state index in [0.29, 0.717) is 0 Å². The Balaban J connectivity index is 2.33. The summed E-state index contributed by atoms with van der Waals surface area (Å²) in [7, 11) is 0. The van der Waals surface area contributed by atoms with E-state index in [1.807, 2.05) is 0 Å². The molecular weight excluding hydrogens is 96.1 g/mol. The molecule has 0 aromatic heterocycles. The van der Waals surface area contributed by atoms with E-state index in [1.54, 1.807) is 0 Å². The van der Waals surface area contributed by atoms with Crippen LogP contribution in [0.25, 0.3) is 0 Å². The van der Waals surface area contributed by atoms with Gasteiger partial charge in [0.25, 0.3) is 0 Å². The topological polar surface area (TPSA) is 0 Å². The van der Waals surface area contributed by atoms with Crippen molar-refractivity contribution in [2.75, 3.05) is 0 Å². The lowest BCUT2D eigenvalue weighted by Crippen LogP contribution is -2.15. The van der Waals surface area contributed by atoms with Crippen molar-refractivity contribution in [3.63, 3.8) is 0 Å². The van der Waals surface area contributed by atoms with Crippen molar-refractivity contribution < 1.29 is 0 Å². The van der Waals surface area contributed by atoms with E-state index >= 15 is 0 Å². The largest absolute Gasteiger partial charge is 0.110 e. The first-order chi connectivity index (χ1) is 3.71. The van der Waals surface area contributed by atoms with Crippen LogP contribution in [-0.2, 0) is 0 Å². The summed E-state index contributed by atoms with van der Waals surface area (Å²) in [5, 5.41) is 0. The first-order valence-electron chi connectivity index (χ1n) is 3.31. The van der Waals surface area contributed by atoms with E-state index in [-0.39, 0.29) is 5.41 Å². The van der Waals surface area contributed by atoms with Gasteiger partial charge in [-0.1, -0.05) is 6.42 Å². The predicted octanol–water partition coefficient (Wildman–Crippen LogP) is 2.48. The molecule has 1 fully saturated rings. The van der Waals surface area contributed by atoms with Gasteiger partial charge in [-0.2, -0.15) is 0 Å². The Morgan fingerprint density at radius 1 is 1.50 bits per heavy atom. The predicted molar refractivity (Wildman–Crippen MR) is 35.2 cm³/mol. The summed E-state index contributed by atoms with van der Waals surface area (Å²) in [6.07, 6.45) is 8.39. The molecule has 0 aliphatic heterocycles. The van der Waals surface area contributed by atoms with Crippen LogP contribution in [0.1, 0.15) is 32.6 Å². The van der Waals surface area contributed by atoms with E-state index in [9.17, 15) is 0 Å². The minimum absolute atomic E-state index is 0.179. The summed E-state index contributed by atoms with van der Waals surface area (Å²) >= 11 is 0. The molecular formula is C8H13+. The zero-order chi connectivity index (χ0) is 6.04. The molecule has 0 spiro atoms. The van der Waals surface area contributed by atoms with Crippen LogP contribution in [0.2, 0.25) is 0 Å². The lowest BCUT2D eigenvalue weighted by atomic mass is 9.78. The molecule has 0 N–H and O–H groups in total. The van der Waals surface area contributed by atoms with Crippen molar-refractivity contribution in [1.29, 1.82) is 0 Å². The van der Waals surface area contributed by atoms with Crippen molar-refractivity contribution >= 4 is 0 Å². The molecule has 1 unspecified atom stereocenters. The van der Waals surface area contributed by atoms with Gasteiger partial charge < -0.3 is 0 Å². The smallest absolute Gasteiger partial charge is 0.0524 e. The van der Waals surface area contributed by atoms with Crippen molar-refractivity contribution in [1.82, 2.24) is 0 Å². The average Bonchev–Trinajstić information content (AvgIpc) is 1.65. The molecule has 0 aromatic rings. The maximum absolute atomic E-state index is 4.02. The monoisotopic (exact) mass is 109 g/mol. The third-order valence-corrected chi connectivity index (χ3v) is 1.71. The van der Waals surface area contributed by atoms with Crippen molar-refractivity contribution in [3.05, 3.63) is 13.3 Å². The van der Waals surface area contributed by atoms with Gasteiger partial charge in [0.15, 0.2) is 0 Å². The molecule has 1 aliphatic carbocycles. The van der Waals surface area contributed by atoms with Crippen LogP contribution in [0.15, 0.2) is 0 Å². The summed E-state index contributed by atoms with van der Waals surface area (Å²) in [5.74, 6) is 0. The number of rotatable bonds is 0. The summed E-state index contributed by atoms with van der Waals surface area (Å²) in [6.45, 7) is 6.18. The second-order valence-corrected chi connectivity index (χ2v) is 2.94.